The van der Waals surface area contributed by atoms with Gasteiger partial charge < -0.3 is 9.80 Å². The number of thiophene rings is 1. The first-order chi connectivity index (χ1) is 10.4. The highest BCUT2D eigenvalue weighted by Gasteiger charge is 2.41. The summed E-state index contributed by atoms with van der Waals surface area (Å²) in [6, 6.07) is 3.68. The molecule has 1 aromatic heterocycles. The van der Waals surface area contributed by atoms with Crippen LogP contribution in [-0.4, -0.2) is 67.2 Å². The van der Waals surface area contributed by atoms with E-state index in [1.165, 1.54) is 5.00 Å². The highest BCUT2D eigenvalue weighted by atomic mass is 32.1. The summed E-state index contributed by atoms with van der Waals surface area (Å²) in [6.45, 7) is 2.13. The van der Waals surface area contributed by atoms with Gasteiger partial charge in [0.25, 0.3) is 0 Å². The van der Waals surface area contributed by atoms with Crippen molar-refractivity contribution in [2.45, 2.75) is 18.6 Å². The molecule has 1 aromatic rings. The minimum atomic E-state index is -4.32. The molecule has 0 spiro atoms. The Hall–Kier alpha value is -1.28. The Labute approximate surface area is 131 Å². The first kappa shape index (κ1) is 15.6. The summed E-state index contributed by atoms with van der Waals surface area (Å²) >= 11 is 1.68. The molecule has 4 nitrogen and oxygen atoms in total. The molecule has 22 heavy (non-hydrogen) atoms. The van der Waals surface area contributed by atoms with Gasteiger partial charge >= 0.3 is 6.18 Å². The number of carbonyl (C=O) groups excluding carboxylic acids is 1. The molecule has 1 atom stereocenters. The van der Waals surface area contributed by atoms with Crippen molar-refractivity contribution in [3.63, 3.8) is 0 Å². The molecule has 0 saturated carbocycles. The average molecular weight is 333 g/mol. The Bertz CT molecular complexity index is 512. The van der Waals surface area contributed by atoms with Gasteiger partial charge in [-0.15, -0.1) is 11.3 Å². The fourth-order valence-corrected chi connectivity index (χ4v) is 3.92. The predicted octanol–water partition coefficient (Wildman–Crippen LogP) is 2.03. The van der Waals surface area contributed by atoms with Crippen molar-refractivity contribution in [2.24, 2.45) is 0 Å². The van der Waals surface area contributed by atoms with Crippen molar-refractivity contribution < 1.29 is 18.0 Å². The second-order valence-electron chi connectivity index (χ2n) is 5.65. The van der Waals surface area contributed by atoms with E-state index >= 15 is 0 Å². The summed E-state index contributed by atoms with van der Waals surface area (Å²) in [6.07, 6.45) is -3.82. The van der Waals surface area contributed by atoms with Crippen molar-refractivity contribution in [1.29, 1.82) is 0 Å². The van der Waals surface area contributed by atoms with Crippen molar-refractivity contribution in [3.8, 4) is 0 Å². The molecular formula is C14H18F3N3OS. The second kappa shape index (κ2) is 6.08. The van der Waals surface area contributed by atoms with Crippen LogP contribution in [0.3, 0.4) is 0 Å². The SMILES string of the molecule is O=C1C(N2CCN(c3cccs3)CC2)CCN1CC(F)(F)F. The molecule has 2 aliphatic heterocycles. The second-order valence-corrected chi connectivity index (χ2v) is 6.58. The van der Waals surface area contributed by atoms with Crippen molar-refractivity contribution in [2.75, 3.05) is 44.2 Å². The van der Waals surface area contributed by atoms with Gasteiger partial charge in [-0.2, -0.15) is 13.2 Å². The molecule has 3 heterocycles. The highest BCUT2D eigenvalue weighted by Crippen LogP contribution is 2.26. The lowest BCUT2D eigenvalue weighted by Crippen LogP contribution is -2.52. The number of piperazine rings is 1. The van der Waals surface area contributed by atoms with Crippen LogP contribution in [0.1, 0.15) is 6.42 Å². The van der Waals surface area contributed by atoms with Crippen molar-refractivity contribution in [3.05, 3.63) is 17.5 Å². The fourth-order valence-electron chi connectivity index (χ4n) is 3.14. The number of hydrogen-bond donors (Lipinski definition) is 0. The molecule has 1 amide bonds. The molecule has 0 aliphatic carbocycles. The lowest BCUT2D eigenvalue weighted by atomic mass is 10.2. The third-order valence-corrected chi connectivity index (χ3v) is 5.14. The van der Waals surface area contributed by atoms with Crippen LogP contribution in [0, 0.1) is 0 Å². The quantitative estimate of drug-likeness (QED) is 0.847. The molecule has 8 heteroatoms. The summed E-state index contributed by atoms with van der Waals surface area (Å²) in [7, 11) is 0. The molecule has 122 valence electrons. The number of amides is 1. The van der Waals surface area contributed by atoms with Crippen LogP contribution in [-0.2, 0) is 4.79 Å². The largest absolute Gasteiger partial charge is 0.406 e. The number of likely N-dealkylation sites (tertiary alicyclic amines) is 1. The zero-order valence-electron chi connectivity index (χ0n) is 12.1. The van der Waals surface area contributed by atoms with Gasteiger partial charge in [0.1, 0.15) is 6.54 Å². The number of nitrogens with zero attached hydrogens (tertiary/aromatic N) is 3. The third kappa shape index (κ3) is 3.38. The van der Waals surface area contributed by atoms with Crippen molar-refractivity contribution >= 4 is 22.2 Å². The Balaban J connectivity index is 1.55. The van der Waals surface area contributed by atoms with Gasteiger partial charge in [-0.3, -0.25) is 9.69 Å². The standard InChI is InChI=1S/C14H18F3N3OS/c15-14(16,17)10-20-4-3-11(13(20)21)18-5-7-19(8-6-18)12-2-1-9-22-12/h1-2,9,11H,3-8,10H2. The zero-order valence-corrected chi connectivity index (χ0v) is 12.9. The Kier molecular flexibility index (Phi) is 4.31. The topological polar surface area (TPSA) is 26.8 Å². The minimum absolute atomic E-state index is 0.203. The van der Waals surface area contributed by atoms with Crippen LogP contribution in [0.5, 0.6) is 0 Å². The van der Waals surface area contributed by atoms with Gasteiger partial charge in [-0.1, -0.05) is 0 Å². The zero-order chi connectivity index (χ0) is 15.7. The summed E-state index contributed by atoms with van der Waals surface area (Å²) in [4.78, 5) is 17.4. The smallest absolute Gasteiger partial charge is 0.361 e. The van der Waals surface area contributed by atoms with Gasteiger partial charge in [0.2, 0.25) is 5.91 Å². The van der Waals surface area contributed by atoms with Crippen LogP contribution in [0.25, 0.3) is 0 Å². The number of alkyl halides is 3. The average Bonchev–Trinajstić information content (AvgIpc) is 3.09. The Morgan fingerprint density at radius 2 is 1.91 bits per heavy atom. The maximum Gasteiger partial charge on any atom is 0.406 e. The number of anilines is 1. The Morgan fingerprint density at radius 3 is 2.50 bits per heavy atom. The number of hydrogen-bond acceptors (Lipinski definition) is 4. The molecular weight excluding hydrogens is 315 g/mol. The van der Waals surface area contributed by atoms with Crippen molar-refractivity contribution in [1.82, 2.24) is 9.80 Å². The van der Waals surface area contributed by atoms with Crippen LogP contribution in [0.4, 0.5) is 18.2 Å². The fraction of sp³-hybridized carbons (Fsp3) is 0.643. The van der Waals surface area contributed by atoms with Crippen LogP contribution in [0.2, 0.25) is 0 Å². The summed E-state index contributed by atoms with van der Waals surface area (Å²) in [5.74, 6) is -0.373. The van der Waals surface area contributed by atoms with E-state index < -0.39 is 12.7 Å². The summed E-state index contributed by atoms with van der Waals surface area (Å²) in [5.41, 5.74) is 0. The van der Waals surface area contributed by atoms with E-state index in [9.17, 15) is 18.0 Å². The van der Waals surface area contributed by atoms with Crippen LogP contribution < -0.4 is 4.90 Å². The Morgan fingerprint density at radius 1 is 1.18 bits per heavy atom. The highest BCUT2D eigenvalue weighted by molar-refractivity contribution is 7.14. The molecule has 2 aliphatic rings. The maximum atomic E-state index is 12.4. The molecule has 0 radical (unpaired) electrons. The molecule has 0 bridgehead atoms. The predicted molar refractivity (Wildman–Crippen MR) is 79.1 cm³/mol. The summed E-state index contributed by atoms with van der Waals surface area (Å²) < 4.78 is 37.3. The first-order valence-corrected chi connectivity index (χ1v) is 8.20. The van der Waals surface area contributed by atoms with E-state index in [1.54, 1.807) is 11.3 Å². The lowest BCUT2D eigenvalue weighted by molar-refractivity contribution is -0.159. The molecule has 3 rings (SSSR count). The molecule has 1 unspecified atom stereocenters. The number of rotatable bonds is 3. The van der Waals surface area contributed by atoms with Crippen LogP contribution in [0.15, 0.2) is 17.5 Å². The third-order valence-electron chi connectivity index (χ3n) is 4.21. The maximum absolute atomic E-state index is 12.4. The first-order valence-electron chi connectivity index (χ1n) is 7.32. The van der Waals surface area contributed by atoms with Crippen LogP contribution >= 0.6 is 11.3 Å². The number of halogens is 3. The van der Waals surface area contributed by atoms with Gasteiger partial charge in [-0.25, -0.2) is 0 Å². The van der Waals surface area contributed by atoms with E-state index in [1.807, 2.05) is 16.3 Å². The lowest BCUT2D eigenvalue weighted by Gasteiger charge is -2.37. The minimum Gasteiger partial charge on any atom is -0.361 e. The van der Waals surface area contributed by atoms with Gasteiger partial charge in [-0.05, 0) is 23.9 Å². The van der Waals surface area contributed by atoms with E-state index in [0.717, 1.165) is 18.0 Å². The number of carbonyl (C=O) groups is 1. The van der Waals surface area contributed by atoms with Gasteiger partial charge in [0.15, 0.2) is 0 Å². The molecule has 2 fully saturated rings. The van der Waals surface area contributed by atoms with Gasteiger partial charge in [0.05, 0.1) is 11.0 Å². The van der Waals surface area contributed by atoms with E-state index in [-0.39, 0.29) is 18.5 Å². The monoisotopic (exact) mass is 333 g/mol. The molecule has 2 saturated heterocycles. The molecule has 0 N–H and O–H groups in total. The normalized spacial score (nSPS) is 24.3. The van der Waals surface area contributed by atoms with E-state index in [0.29, 0.717) is 19.5 Å². The van der Waals surface area contributed by atoms with E-state index in [4.69, 9.17) is 0 Å². The summed E-state index contributed by atoms with van der Waals surface area (Å²) in [5, 5.41) is 3.23. The van der Waals surface area contributed by atoms with Gasteiger partial charge in [0, 0.05) is 32.7 Å². The van der Waals surface area contributed by atoms with E-state index in [2.05, 4.69) is 11.0 Å². The molecule has 0 aromatic carbocycles.